The zero-order valence-corrected chi connectivity index (χ0v) is 14.0. The standard InChI is InChI=1S/C11H15F3N4O3S2/c1-17(7-3-4-23(20,21)6-7)8(19)5-22-10-16-15-9(18(10)2)11(12,13)14/h7H,3-6H2,1-2H3/t7-/m0/s1. The lowest BCUT2D eigenvalue weighted by Crippen LogP contribution is -2.38. The van der Waals surface area contributed by atoms with Crippen LogP contribution in [0.25, 0.3) is 0 Å². The zero-order valence-electron chi connectivity index (χ0n) is 12.4. The van der Waals surface area contributed by atoms with Gasteiger partial charge >= 0.3 is 6.18 Å². The summed E-state index contributed by atoms with van der Waals surface area (Å²) < 4.78 is 61.4. The summed E-state index contributed by atoms with van der Waals surface area (Å²) in [5, 5.41) is 6.46. The Hall–Kier alpha value is -1.30. The maximum atomic E-state index is 12.6. The van der Waals surface area contributed by atoms with Crippen LogP contribution in [0.5, 0.6) is 0 Å². The van der Waals surface area contributed by atoms with E-state index in [0.717, 1.165) is 16.3 Å². The van der Waals surface area contributed by atoms with Gasteiger partial charge in [0.15, 0.2) is 15.0 Å². The molecule has 0 saturated carbocycles. The van der Waals surface area contributed by atoms with Gasteiger partial charge < -0.3 is 9.47 Å². The summed E-state index contributed by atoms with van der Waals surface area (Å²) in [7, 11) is -0.451. The van der Waals surface area contributed by atoms with E-state index in [9.17, 15) is 26.4 Å². The van der Waals surface area contributed by atoms with Crippen molar-refractivity contribution in [1.82, 2.24) is 19.7 Å². The van der Waals surface area contributed by atoms with Crippen molar-refractivity contribution in [2.24, 2.45) is 7.05 Å². The van der Waals surface area contributed by atoms with E-state index >= 15 is 0 Å². The van der Waals surface area contributed by atoms with Crippen LogP contribution in [0.1, 0.15) is 12.2 Å². The van der Waals surface area contributed by atoms with Gasteiger partial charge in [-0.1, -0.05) is 11.8 Å². The third-order valence-electron chi connectivity index (χ3n) is 3.56. The molecule has 1 amide bonds. The predicted molar refractivity (Wildman–Crippen MR) is 76.6 cm³/mol. The molecule has 0 radical (unpaired) electrons. The molecule has 12 heteroatoms. The van der Waals surface area contributed by atoms with Gasteiger partial charge in [0.05, 0.1) is 17.3 Å². The van der Waals surface area contributed by atoms with Gasteiger partial charge in [-0.15, -0.1) is 10.2 Å². The van der Waals surface area contributed by atoms with Crippen LogP contribution in [-0.2, 0) is 27.9 Å². The molecular weight excluding hydrogens is 357 g/mol. The van der Waals surface area contributed by atoms with E-state index in [-0.39, 0.29) is 28.3 Å². The topological polar surface area (TPSA) is 85.2 Å². The first-order valence-electron chi connectivity index (χ1n) is 6.57. The maximum Gasteiger partial charge on any atom is 0.451 e. The van der Waals surface area contributed by atoms with E-state index < -0.39 is 27.9 Å². The van der Waals surface area contributed by atoms with Crippen LogP contribution in [0.2, 0.25) is 0 Å². The molecule has 0 aromatic carbocycles. The van der Waals surface area contributed by atoms with Crippen LogP contribution in [0.15, 0.2) is 5.16 Å². The number of rotatable bonds is 4. The van der Waals surface area contributed by atoms with E-state index in [0.29, 0.717) is 6.42 Å². The second-order valence-electron chi connectivity index (χ2n) is 5.21. The summed E-state index contributed by atoms with van der Waals surface area (Å²) in [6, 6.07) is -0.390. The Bertz CT molecular complexity index is 702. The number of alkyl halides is 3. The predicted octanol–water partition coefficient (Wildman–Crippen LogP) is 0.572. The molecule has 7 nitrogen and oxygen atoms in total. The van der Waals surface area contributed by atoms with Gasteiger partial charge in [-0.25, -0.2) is 8.42 Å². The van der Waals surface area contributed by atoms with Crippen LogP contribution in [0.3, 0.4) is 0 Å². The molecule has 0 unspecified atom stereocenters. The van der Waals surface area contributed by atoms with Crippen molar-refractivity contribution in [2.75, 3.05) is 24.3 Å². The van der Waals surface area contributed by atoms with Gasteiger partial charge in [0.2, 0.25) is 11.7 Å². The highest BCUT2D eigenvalue weighted by Gasteiger charge is 2.38. The molecular formula is C11H15F3N4O3S2. The minimum atomic E-state index is -4.61. The Kier molecular flexibility index (Phi) is 4.95. The lowest BCUT2D eigenvalue weighted by Gasteiger charge is -2.23. The van der Waals surface area contributed by atoms with Gasteiger partial charge in [0.1, 0.15) is 0 Å². The molecule has 1 atom stereocenters. The van der Waals surface area contributed by atoms with E-state index in [2.05, 4.69) is 10.2 Å². The van der Waals surface area contributed by atoms with Gasteiger partial charge in [-0.3, -0.25) is 4.79 Å². The first-order valence-corrected chi connectivity index (χ1v) is 9.37. The summed E-state index contributed by atoms with van der Waals surface area (Å²) in [6.45, 7) is 0. The molecule has 0 bridgehead atoms. The van der Waals surface area contributed by atoms with E-state index in [4.69, 9.17) is 0 Å². The molecule has 23 heavy (non-hydrogen) atoms. The fourth-order valence-electron chi connectivity index (χ4n) is 2.20. The Balaban J connectivity index is 1.96. The number of hydrogen-bond acceptors (Lipinski definition) is 6. The first kappa shape index (κ1) is 18.0. The largest absolute Gasteiger partial charge is 0.451 e. The van der Waals surface area contributed by atoms with Crippen LogP contribution in [-0.4, -0.2) is 64.3 Å². The molecule has 1 fully saturated rings. The highest BCUT2D eigenvalue weighted by atomic mass is 32.2. The molecule has 0 N–H and O–H groups in total. The Morgan fingerprint density at radius 3 is 2.57 bits per heavy atom. The number of sulfone groups is 1. The van der Waals surface area contributed by atoms with Crippen molar-refractivity contribution in [3.8, 4) is 0 Å². The third-order valence-corrected chi connectivity index (χ3v) is 6.32. The molecule has 0 spiro atoms. The van der Waals surface area contributed by atoms with Crippen LogP contribution < -0.4 is 0 Å². The molecule has 1 aromatic heterocycles. The molecule has 1 aliphatic heterocycles. The molecule has 130 valence electrons. The normalized spacial score (nSPS) is 20.7. The van der Waals surface area contributed by atoms with Crippen LogP contribution in [0.4, 0.5) is 13.2 Å². The molecule has 2 rings (SSSR count). The first-order chi connectivity index (χ1) is 10.5. The summed E-state index contributed by atoms with van der Waals surface area (Å²) in [6.07, 6.45) is -4.24. The third kappa shape index (κ3) is 4.16. The monoisotopic (exact) mass is 372 g/mol. The number of nitrogens with zero attached hydrogens (tertiary/aromatic N) is 4. The average Bonchev–Trinajstić information content (AvgIpc) is 2.97. The number of thioether (sulfide) groups is 1. The molecule has 1 aliphatic rings. The van der Waals surface area contributed by atoms with E-state index in [1.807, 2.05) is 0 Å². The Labute approximate surface area is 135 Å². The highest BCUT2D eigenvalue weighted by molar-refractivity contribution is 7.99. The summed E-state index contributed by atoms with van der Waals surface area (Å²) in [4.78, 5) is 13.4. The fraction of sp³-hybridized carbons (Fsp3) is 0.727. The average molecular weight is 372 g/mol. The van der Waals surface area contributed by atoms with Crippen molar-refractivity contribution in [3.05, 3.63) is 5.82 Å². The van der Waals surface area contributed by atoms with Crippen molar-refractivity contribution in [3.63, 3.8) is 0 Å². The van der Waals surface area contributed by atoms with Crippen molar-refractivity contribution < 1.29 is 26.4 Å². The molecule has 0 aliphatic carbocycles. The van der Waals surface area contributed by atoms with Crippen LogP contribution >= 0.6 is 11.8 Å². The Morgan fingerprint density at radius 1 is 1.43 bits per heavy atom. The minimum Gasteiger partial charge on any atom is -0.341 e. The lowest BCUT2D eigenvalue weighted by molar-refractivity contribution is -0.147. The van der Waals surface area contributed by atoms with Gasteiger partial charge in [0.25, 0.3) is 0 Å². The second kappa shape index (κ2) is 6.30. The van der Waals surface area contributed by atoms with Gasteiger partial charge in [-0.05, 0) is 6.42 Å². The van der Waals surface area contributed by atoms with Crippen molar-refractivity contribution >= 4 is 27.5 Å². The zero-order chi connectivity index (χ0) is 17.4. The minimum absolute atomic E-state index is 0.0295. The lowest BCUT2D eigenvalue weighted by atomic mass is 10.2. The number of halogens is 3. The number of aromatic nitrogens is 3. The number of carbonyl (C=O) groups is 1. The fourth-order valence-corrected chi connectivity index (χ4v) is 4.81. The highest BCUT2D eigenvalue weighted by Crippen LogP contribution is 2.29. The second-order valence-corrected chi connectivity index (χ2v) is 8.38. The molecule has 2 heterocycles. The SMILES string of the molecule is CN(C(=O)CSc1nnc(C(F)(F)F)n1C)[C@H]1CCS(=O)(=O)C1. The van der Waals surface area contributed by atoms with Crippen molar-refractivity contribution in [2.45, 2.75) is 23.8 Å². The summed E-state index contributed by atoms with van der Waals surface area (Å²) in [5.74, 6) is -1.68. The number of amides is 1. The van der Waals surface area contributed by atoms with Crippen LogP contribution in [0, 0.1) is 0 Å². The summed E-state index contributed by atoms with van der Waals surface area (Å²) >= 11 is 0.828. The molecule has 1 aromatic rings. The quantitative estimate of drug-likeness (QED) is 0.719. The van der Waals surface area contributed by atoms with E-state index in [1.165, 1.54) is 19.0 Å². The van der Waals surface area contributed by atoms with Gasteiger partial charge in [-0.2, -0.15) is 13.2 Å². The Morgan fingerprint density at radius 2 is 2.09 bits per heavy atom. The molecule has 1 saturated heterocycles. The number of carbonyl (C=O) groups excluding carboxylic acids is 1. The summed E-state index contributed by atoms with van der Waals surface area (Å²) in [5.41, 5.74) is 0. The van der Waals surface area contributed by atoms with E-state index in [1.54, 1.807) is 0 Å². The van der Waals surface area contributed by atoms with Gasteiger partial charge in [0, 0.05) is 20.1 Å². The maximum absolute atomic E-state index is 12.6. The number of hydrogen-bond donors (Lipinski definition) is 0. The van der Waals surface area contributed by atoms with Crippen molar-refractivity contribution in [1.29, 1.82) is 0 Å². The smallest absolute Gasteiger partial charge is 0.341 e.